The lowest BCUT2D eigenvalue weighted by Crippen LogP contribution is -2.14. The first-order valence-electron chi connectivity index (χ1n) is 7.36. The summed E-state index contributed by atoms with van der Waals surface area (Å²) in [7, 11) is 0. The van der Waals surface area contributed by atoms with Crippen molar-refractivity contribution in [3.63, 3.8) is 0 Å². The van der Waals surface area contributed by atoms with Crippen molar-refractivity contribution < 1.29 is 4.74 Å². The third-order valence-electron chi connectivity index (χ3n) is 3.58. The number of rotatable bonds is 6. The molecule has 0 heterocycles. The highest BCUT2D eigenvalue weighted by molar-refractivity contribution is 5.42. The van der Waals surface area contributed by atoms with Crippen LogP contribution in [0.3, 0.4) is 0 Å². The molecule has 0 amide bonds. The first-order valence-corrected chi connectivity index (χ1v) is 7.36. The number of ether oxygens (including phenoxy) is 1. The van der Waals surface area contributed by atoms with E-state index in [2.05, 4.69) is 29.6 Å². The van der Waals surface area contributed by atoms with E-state index in [0.29, 0.717) is 6.10 Å². The quantitative estimate of drug-likeness (QED) is 0.600. The molecule has 18 heavy (non-hydrogen) atoms. The van der Waals surface area contributed by atoms with E-state index in [1.807, 2.05) is 6.07 Å². The van der Waals surface area contributed by atoms with Crippen molar-refractivity contribution in [2.75, 3.05) is 18.5 Å². The molecule has 100 valence electrons. The second-order valence-electron chi connectivity index (χ2n) is 5.13. The first kappa shape index (κ1) is 13.4. The van der Waals surface area contributed by atoms with E-state index in [4.69, 9.17) is 4.74 Å². The van der Waals surface area contributed by atoms with Crippen molar-refractivity contribution in [3.8, 4) is 0 Å². The number of benzene rings is 1. The maximum atomic E-state index is 5.96. The zero-order valence-corrected chi connectivity index (χ0v) is 11.2. The Balaban J connectivity index is 1.53. The molecule has 2 heteroatoms. The van der Waals surface area contributed by atoms with Gasteiger partial charge < -0.3 is 10.1 Å². The summed E-state index contributed by atoms with van der Waals surface area (Å²) in [6.45, 7) is 1.89. The van der Waals surface area contributed by atoms with Crippen molar-refractivity contribution in [1.82, 2.24) is 0 Å². The van der Waals surface area contributed by atoms with Crippen LogP contribution < -0.4 is 5.32 Å². The van der Waals surface area contributed by atoms with Crippen LogP contribution in [0, 0.1) is 0 Å². The van der Waals surface area contributed by atoms with Gasteiger partial charge in [0.05, 0.1) is 6.10 Å². The zero-order valence-electron chi connectivity index (χ0n) is 11.2. The summed E-state index contributed by atoms with van der Waals surface area (Å²) in [5.41, 5.74) is 1.20. The molecular weight excluding hydrogens is 222 g/mol. The minimum absolute atomic E-state index is 0.532. The Morgan fingerprint density at radius 1 is 1.00 bits per heavy atom. The third-order valence-corrected chi connectivity index (χ3v) is 3.58. The lowest BCUT2D eigenvalue weighted by molar-refractivity contribution is 0.0431. The van der Waals surface area contributed by atoms with Gasteiger partial charge in [-0.25, -0.2) is 0 Å². The smallest absolute Gasteiger partial charge is 0.0575 e. The third kappa shape index (κ3) is 5.09. The number of hydrogen-bond acceptors (Lipinski definition) is 2. The van der Waals surface area contributed by atoms with Crippen LogP contribution in [0.25, 0.3) is 0 Å². The van der Waals surface area contributed by atoms with Gasteiger partial charge in [0, 0.05) is 18.8 Å². The van der Waals surface area contributed by atoms with E-state index >= 15 is 0 Å². The number of hydrogen-bond donors (Lipinski definition) is 1. The molecule has 2 rings (SSSR count). The predicted molar refractivity (Wildman–Crippen MR) is 77.0 cm³/mol. The van der Waals surface area contributed by atoms with E-state index in [1.54, 1.807) is 0 Å². The molecule has 1 N–H and O–H groups in total. The summed E-state index contributed by atoms with van der Waals surface area (Å²) < 4.78 is 5.96. The average molecular weight is 247 g/mol. The summed E-state index contributed by atoms with van der Waals surface area (Å²) in [5.74, 6) is 0. The molecule has 0 spiro atoms. The Morgan fingerprint density at radius 2 is 1.72 bits per heavy atom. The monoisotopic (exact) mass is 247 g/mol. The molecule has 0 aliphatic heterocycles. The molecule has 0 unspecified atom stereocenters. The SMILES string of the molecule is c1ccc(NCCCOC2CCCCCC2)cc1. The standard InChI is InChI=1S/C16H25NO/c1-2-7-12-16(11-6-1)18-14-8-13-17-15-9-4-3-5-10-15/h3-5,9-10,16-17H,1-2,6-8,11-14H2. The van der Waals surface area contributed by atoms with Crippen molar-refractivity contribution in [2.24, 2.45) is 0 Å². The molecule has 0 bridgehead atoms. The van der Waals surface area contributed by atoms with Crippen LogP contribution in [-0.2, 0) is 4.74 Å². The van der Waals surface area contributed by atoms with Gasteiger partial charge in [0.15, 0.2) is 0 Å². The van der Waals surface area contributed by atoms with Gasteiger partial charge >= 0.3 is 0 Å². The average Bonchev–Trinajstić information content (AvgIpc) is 2.68. The van der Waals surface area contributed by atoms with Gasteiger partial charge in [-0.2, -0.15) is 0 Å². The fourth-order valence-electron chi connectivity index (χ4n) is 2.52. The molecular formula is C16H25NO. The molecule has 1 saturated carbocycles. The van der Waals surface area contributed by atoms with Gasteiger partial charge in [-0.1, -0.05) is 43.9 Å². The number of nitrogens with one attached hydrogen (secondary N) is 1. The Morgan fingerprint density at radius 3 is 2.44 bits per heavy atom. The van der Waals surface area contributed by atoms with E-state index < -0.39 is 0 Å². The van der Waals surface area contributed by atoms with E-state index in [0.717, 1.165) is 19.6 Å². The summed E-state index contributed by atoms with van der Waals surface area (Å²) >= 11 is 0. The van der Waals surface area contributed by atoms with Crippen LogP contribution in [0.4, 0.5) is 5.69 Å². The maximum Gasteiger partial charge on any atom is 0.0575 e. The van der Waals surface area contributed by atoms with Gasteiger partial charge in [-0.05, 0) is 31.4 Å². The summed E-state index contributed by atoms with van der Waals surface area (Å²) in [5, 5.41) is 3.41. The minimum atomic E-state index is 0.532. The molecule has 1 aliphatic carbocycles. The lowest BCUT2D eigenvalue weighted by atomic mass is 10.1. The second kappa shape index (κ2) is 8.15. The fourth-order valence-corrected chi connectivity index (χ4v) is 2.52. The maximum absolute atomic E-state index is 5.96. The number of anilines is 1. The van der Waals surface area contributed by atoms with Crippen LogP contribution in [0.15, 0.2) is 30.3 Å². The summed E-state index contributed by atoms with van der Waals surface area (Å²) in [4.78, 5) is 0. The molecule has 0 saturated heterocycles. The Kier molecular flexibility index (Phi) is 6.07. The van der Waals surface area contributed by atoms with Crippen LogP contribution in [0.5, 0.6) is 0 Å². The van der Waals surface area contributed by atoms with Crippen molar-refractivity contribution in [2.45, 2.75) is 51.0 Å². The van der Waals surface area contributed by atoms with Crippen LogP contribution in [-0.4, -0.2) is 19.3 Å². The molecule has 1 aromatic carbocycles. The Labute approximate surface area is 111 Å². The van der Waals surface area contributed by atoms with E-state index in [-0.39, 0.29) is 0 Å². The van der Waals surface area contributed by atoms with Crippen LogP contribution in [0.2, 0.25) is 0 Å². The van der Waals surface area contributed by atoms with Gasteiger partial charge in [-0.3, -0.25) is 0 Å². The topological polar surface area (TPSA) is 21.3 Å². The van der Waals surface area contributed by atoms with E-state index in [9.17, 15) is 0 Å². The lowest BCUT2D eigenvalue weighted by Gasteiger charge is -2.15. The van der Waals surface area contributed by atoms with E-state index in [1.165, 1.54) is 44.2 Å². The van der Waals surface area contributed by atoms with Gasteiger partial charge in [-0.15, -0.1) is 0 Å². The Hall–Kier alpha value is -1.02. The van der Waals surface area contributed by atoms with Crippen molar-refractivity contribution >= 4 is 5.69 Å². The molecule has 0 radical (unpaired) electrons. The minimum Gasteiger partial charge on any atom is -0.385 e. The van der Waals surface area contributed by atoms with Crippen molar-refractivity contribution in [1.29, 1.82) is 0 Å². The highest BCUT2D eigenvalue weighted by atomic mass is 16.5. The molecule has 1 aromatic rings. The normalized spacial score (nSPS) is 17.3. The van der Waals surface area contributed by atoms with Crippen molar-refractivity contribution in [3.05, 3.63) is 30.3 Å². The zero-order chi connectivity index (χ0) is 12.5. The first-order chi connectivity index (χ1) is 8.95. The fraction of sp³-hybridized carbons (Fsp3) is 0.625. The molecule has 1 fully saturated rings. The highest BCUT2D eigenvalue weighted by Gasteiger charge is 2.11. The molecule has 0 aromatic heterocycles. The number of para-hydroxylation sites is 1. The Bertz CT molecular complexity index is 304. The van der Waals surface area contributed by atoms with Gasteiger partial charge in [0.2, 0.25) is 0 Å². The highest BCUT2D eigenvalue weighted by Crippen LogP contribution is 2.19. The molecule has 1 aliphatic rings. The summed E-state index contributed by atoms with van der Waals surface area (Å²) in [6.07, 6.45) is 9.66. The molecule has 0 atom stereocenters. The van der Waals surface area contributed by atoms with Gasteiger partial charge in [0.1, 0.15) is 0 Å². The predicted octanol–water partition coefficient (Wildman–Crippen LogP) is 4.23. The van der Waals surface area contributed by atoms with Gasteiger partial charge in [0.25, 0.3) is 0 Å². The molecule has 2 nitrogen and oxygen atoms in total. The van der Waals surface area contributed by atoms with Crippen LogP contribution >= 0.6 is 0 Å². The van der Waals surface area contributed by atoms with Crippen LogP contribution in [0.1, 0.15) is 44.9 Å². The summed E-state index contributed by atoms with van der Waals surface area (Å²) in [6, 6.07) is 10.4. The largest absolute Gasteiger partial charge is 0.385 e. The second-order valence-corrected chi connectivity index (χ2v) is 5.13.